The number of rotatable bonds is 10. The van der Waals surface area contributed by atoms with Crippen LogP contribution in [0.2, 0.25) is 0 Å². The Labute approximate surface area is 227 Å². The number of fused-ring (bicyclic) bond motifs is 1. The second-order valence-electron chi connectivity index (χ2n) is 9.31. The summed E-state index contributed by atoms with van der Waals surface area (Å²) in [7, 11) is 4.63. The second-order valence-corrected chi connectivity index (χ2v) is 9.31. The van der Waals surface area contributed by atoms with Crippen molar-refractivity contribution < 1.29 is 33.4 Å². The first-order chi connectivity index (χ1) is 19.0. The topological polar surface area (TPSA) is 86.8 Å². The highest BCUT2D eigenvalue weighted by atomic mass is 16.7. The standard InChI is InChI=1S/C30H32N2O7/c1-5-6-16-38-21-14-12-19(13-15-21)31-29(33)26-27(22-17-24(36-3)25(37-4)18-23(22)35-2)32(39-28(26)30(31)34)20-10-8-7-9-11-20/h7-15,17-18,26-28H,5-6,16H2,1-4H3/t26-,27-,28+/m0/s1. The normalized spacial score (nSPS) is 20.3. The van der Waals surface area contributed by atoms with E-state index in [-0.39, 0.29) is 5.91 Å². The highest BCUT2D eigenvalue weighted by Gasteiger charge is 2.61. The van der Waals surface area contributed by atoms with Crippen LogP contribution >= 0.6 is 0 Å². The Morgan fingerprint density at radius 2 is 1.46 bits per heavy atom. The zero-order valence-corrected chi connectivity index (χ0v) is 22.5. The fraction of sp³-hybridized carbons (Fsp3) is 0.333. The van der Waals surface area contributed by atoms with E-state index in [0.29, 0.717) is 46.5 Å². The molecule has 2 amide bonds. The summed E-state index contributed by atoms with van der Waals surface area (Å²) in [6, 6.07) is 19.1. The van der Waals surface area contributed by atoms with E-state index in [9.17, 15) is 9.59 Å². The van der Waals surface area contributed by atoms with Crippen molar-refractivity contribution in [2.24, 2.45) is 5.92 Å². The molecule has 2 fully saturated rings. The van der Waals surface area contributed by atoms with Crippen LogP contribution in [0.1, 0.15) is 31.4 Å². The molecule has 0 aliphatic carbocycles. The van der Waals surface area contributed by atoms with Crippen molar-refractivity contribution in [1.82, 2.24) is 0 Å². The highest BCUT2D eigenvalue weighted by molar-refractivity contribution is 6.24. The SMILES string of the molecule is CCCCOc1ccc(N2C(=O)[C@@H]3[C@@H](ON(c4ccccc4)[C@H]3c3cc(OC)c(OC)cc3OC)C2=O)cc1. The molecule has 0 spiro atoms. The summed E-state index contributed by atoms with van der Waals surface area (Å²) in [5.74, 6) is 0.511. The van der Waals surface area contributed by atoms with Gasteiger partial charge in [0.15, 0.2) is 17.6 Å². The molecule has 39 heavy (non-hydrogen) atoms. The summed E-state index contributed by atoms with van der Waals surface area (Å²) in [6.07, 6.45) is 0.967. The van der Waals surface area contributed by atoms with Gasteiger partial charge in [-0.3, -0.25) is 14.4 Å². The Hall–Kier alpha value is -4.24. The number of amides is 2. The number of unbranched alkanes of at least 4 members (excludes halogenated alkanes) is 1. The lowest BCUT2D eigenvalue weighted by atomic mass is 9.89. The molecule has 0 N–H and O–H groups in total. The molecule has 2 saturated heterocycles. The fourth-order valence-corrected chi connectivity index (χ4v) is 5.09. The number of carbonyl (C=O) groups excluding carboxylic acids is 2. The van der Waals surface area contributed by atoms with Gasteiger partial charge in [-0.15, -0.1) is 0 Å². The molecule has 3 atom stereocenters. The minimum Gasteiger partial charge on any atom is -0.496 e. The lowest BCUT2D eigenvalue weighted by Gasteiger charge is -2.30. The van der Waals surface area contributed by atoms with Crippen molar-refractivity contribution >= 4 is 23.2 Å². The fourth-order valence-electron chi connectivity index (χ4n) is 5.09. The van der Waals surface area contributed by atoms with E-state index in [1.54, 1.807) is 62.8 Å². The van der Waals surface area contributed by atoms with Gasteiger partial charge < -0.3 is 18.9 Å². The smallest absolute Gasteiger partial charge is 0.266 e. The Kier molecular flexibility index (Phi) is 7.60. The minimum atomic E-state index is -1.01. The molecular weight excluding hydrogens is 500 g/mol. The summed E-state index contributed by atoms with van der Waals surface area (Å²) >= 11 is 0. The Morgan fingerprint density at radius 3 is 2.10 bits per heavy atom. The first-order valence-electron chi connectivity index (χ1n) is 12.9. The van der Waals surface area contributed by atoms with Crippen LogP contribution in [-0.4, -0.2) is 45.9 Å². The first-order valence-corrected chi connectivity index (χ1v) is 12.9. The van der Waals surface area contributed by atoms with E-state index >= 15 is 0 Å². The van der Waals surface area contributed by atoms with E-state index in [2.05, 4.69) is 6.92 Å². The molecule has 0 unspecified atom stereocenters. The molecule has 2 aliphatic rings. The van der Waals surface area contributed by atoms with Gasteiger partial charge in [-0.2, -0.15) is 0 Å². The average molecular weight is 533 g/mol. The predicted molar refractivity (Wildman–Crippen MR) is 145 cm³/mol. The van der Waals surface area contributed by atoms with Crippen molar-refractivity contribution in [3.05, 3.63) is 72.3 Å². The summed E-state index contributed by atoms with van der Waals surface area (Å²) in [5.41, 5.74) is 1.80. The second kappa shape index (κ2) is 11.2. The van der Waals surface area contributed by atoms with Gasteiger partial charge in [0.2, 0.25) is 5.91 Å². The predicted octanol–water partition coefficient (Wildman–Crippen LogP) is 4.94. The molecule has 0 bridgehead atoms. The van der Waals surface area contributed by atoms with Crippen LogP contribution < -0.4 is 28.9 Å². The summed E-state index contributed by atoms with van der Waals surface area (Å²) in [4.78, 5) is 35.1. The highest BCUT2D eigenvalue weighted by Crippen LogP contribution is 2.51. The number of anilines is 2. The lowest BCUT2D eigenvalue weighted by Crippen LogP contribution is -2.37. The number of nitrogens with zero attached hydrogens (tertiary/aromatic N) is 2. The van der Waals surface area contributed by atoms with Crippen LogP contribution in [0.25, 0.3) is 0 Å². The van der Waals surface area contributed by atoms with Gasteiger partial charge in [-0.1, -0.05) is 31.5 Å². The van der Waals surface area contributed by atoms with Crippen molar-refractivity contribution in [2.45, 2.75) is 31.9 Å². The van der Waals surface area contributed by atoms with Crippen LogP contribution in [0.15, 0.2) is 66.7 Å². The maximum absolute atomic E-state index is 14.0. The van der Waals surface area contributed by atoms with E-state index in [4.69, 9.17) is 23.8 Å². The minimum absolute atomic E-state index is 0.357. The summed E-state index contributed by atoms with van der Waals surface area (Å²) in [5, 5.41) is 1.62. The maximum Gasteiger partial charge on any atom is 0.266 e. The molecule has 204 valence electrons. The molecule has 0 saturated carbocycles. The number of hydroxylamine groups is 1. The molecule has 0 radical (unpaired) electrons. The van der Waals surface area contributed by atoms with Crippen molar-refractivity contribution in [1.29, 1.82) is 0 Å². The lowest BCUT2D eigenvalue weighted by molar-refractivity contribution is -0.126. The Balaban J connectivity index is 1.54. The van der Waals surface area contributed by atoms with Crippen LogP contribution in [-0.2, 0) is 14.4 Å². The molecule has 9 heteroatoms. The van der Waals surface area contributed by atoms with Gasteiger partial charge in [0.25, 0.3) is 5.91 Å². The zero-order chi connectivity index (χ0) is 27.5. The van der Waals surface area contributed by atoms with Gasteiger partial charge in [0.05, 0.1) is 39.3 Å². The number of carbonyl (C=O) groups is 2. The maximum atomic E-state index is 14.0. The largest absolute Gasteiger partial charge is 0.496 e. The van der Waals surface area contributed by atoms with E-state index < -0.39 is 24.0 Å². The van der Waals surface area contributed by atoms with Crippen molar-refractivity contribution in [3.63, 3.8) is 0 Å². The van der Waals surface area contributed by atoms with Gasteiger partial charge in [-0.05, 0) is 48.9 Å². The molecule has 9 nitrogen and oxygen atoms in total. The van der Waals surface area contributed by atoms with Crippen LogP contribution in [0, 0.1) is 5.92 Å². The Morgan fingerprint density at radius 1 is 0.795 bits per heavy atom. The number of hydrogen-bond donors (Lipinski definition) is 0. The number of para-hydroxylation sites is 1. The number of hydrogen-bond acceptors (Lipinski definition) is 8. The number of ether oxygens (including phenoxy) is 4. The first kappa shape index (κ1) is 26.4. The van der Waals surface area contributed by atoms with E-state index in [1.165, 1.54) is 4.90 Å². The summed E-state index contributed by atoms with van der Waals surface area (Å²) in [6.45, 7) is 2.71. The molecule has 3 aromatic carbocycles. The van der Waals surface area contributed by atoms with Crippen molar-refractivity contribution in [3.8, 4) is 23.0 Å². The summed E-state index contributed by atoms with van der Waals surface area (Å²) < 4.78 is 22.5. The molecule has 5 rings (SSSR count). The van der Waals surface area contributed by atoms with Crippen LogP contribution in [0.3, 0.4) is 0 Å². The molecule has 0 aromatic heterocycles. The number of methoxy groups -OCH3 is 3. The molecule has 2 aliphatic heterocycles. The molecule has 2 heterocycles. The van der Waals surface area contributed by atoms with Gasteiger partial charge >= 0.3 is 0 Å². The van der Waals surface area contributed by atoms with Gasteiger partial charge in [-0.25, -0.2) is 9.96 Å². The van der Waals surface area contributed by atoms with Crippen molar-refractivity contribution in [2.75, 3.05) is 37.9 Å². The zero-order valence-electron chi connectivity index (χ0n) is 22.5. The van der Waals surface area contributed by atoms with Crippen LogP contribution in [0.5, 0.6) is 23.0 Å². The molecule has 3 aromatic rings. The van der Waals surface area contributed by atoms with Gasteiger partial charge in [0.1, 0.15) is 23.5 Å². The third kappa shape index (κ3) is 4.74. The monoisotopic (exact) mass is 532 g/mol. The third-order valence-corrected chi connectivity index (χ3v) is 7.04. The van der Waals surface area contributed by atoms with Crippen LogP contribution in [0.4, 0.5) is 11.4 Å². The number of benzene rings is 3. The third-order valence-electron chi connectivity index (χ3n) is 7.04. The van der Waals surface area contributed by atoms with E-state index in [0.717, 1.165) is 12.8 Å². The van der Waals surface area contributed by atoms with Gasteiger partial charge in [0, 0.05) is 11.6 Å². The quantitative estimate of drug-likeness (QED) is 0.268. The number of imide groups is 1. The van der Waals surface area contributed by atoms with E-state index in [1.807, 2.05) is 30.3 Å². The average Bonchev–Trinajstić information content (AvgIpc) is 3.48. The Bertz CT molecular complexity index is 1330. The molecular formula is C30H32N2O7.